The van der Waals surface area contributed by atoms with Crippen LogP contribution in [0.2, 0.25) is 0 Å². The quantitative estimate of drug-likeness (QED) is 0.0652. The number of primary amides is 2. The van der Waals surface area contributed by atoms with Crippen LogP contribution in [0.5, 0.6) is 0 Å². The summed E-state index contributed by atoms with van der Waals surface area (Å²) in [6, 6.07) is 10.9. The summed E-state index contributed by atoms with van der Waals surface area (Å²) in [7, 11) is 0. The smallest absolute Gasteiger partial charge is 0.245 e. The van der Waals surface area contributed by atoms with Crippen LogP contribution >= 0.6 is 11.8 Å². The first-order valence-corrected chi connectivity index (χ1v) is 23.2. The van der Waals surface area contributed by atoms with E-state index in [1.54, 1.807) is 67.6 Å². The Morgan fingerprint density at radius 1 is 0.815 bits per heavy atom. The number of hydrogen-bond acceptors (Lipinski definition) is 10. The lowest BCUT2D eigenvalue weighted by atomic mass is 9.83. The Morgan fingerprint density at radius 3 is 1.89 bits per heavy atom. The summed E-state index contributed by atoms with van der Waals surface area (Å²) in [5.41, 5.74) is 13.1. The molecule has 2 fully saturated rings. The summed E-state index contributed by atoms with van der Waals surface area (Å²) in [5, 5.41) is 16.1. The number of thioether (sulfide) groups is 1. The summed E-state index contributed by atoms with van der Waals surface area (Å²) < 4.78 is 0. The van der Waals surface area contributed by atoms with Crippen molar-refractivity contribution in [2.45, 2.75) is 102 Å². The first-order chi connectivity index (χ1) is 30.9. The third-order valence-corrected chi connectivity index (χ3v) is 12.1. The highest BCUT2D eigenvalue weighted by Gasteiger charge is 2.50. The minimum atomic E-state index is -1.32. The van der Waals surface area contributed by atoms with Gasteiger partial charge < -0.3 is 48.3 Å². The predicted molar refractivity (Wildman–Crippen MR) is 245 cm³/mol. The normalized spacial score (nSPS) is 19.8. The zero-order valence-corrected chi connectivity index (χ0v) is 38.2. The third-order valence-electron chi connectivity index (χ3n) is 11.5. The monoisotopic (exact) mass is 917 g/mol. The molecule has 0 bridgehead atoms. The van der Waals surface area contributed by atoms with Crippen molar-refractivity contribution >= 4 is 64.9 Å². The molecule has 4 rings (SSSR count). The number of nitrogens with two attached hydrogens (primary N) is 2. The van der Waals surface area contributed by atoms with Gasteiger partial charge in [0.05, 0.1) is 6.54 Å². The van der Waals surface area contributed by atoms with Crippen molar-refractivity contribution in [3.63, 3.8) is 0 Å². The maximum atomic E-state index is 14.6. The van der Waals surface area contributed by atoms with Crippen molar-refractivity contribution < 1.29 is 43.2 Å². The molecular weight excluding hydrogens is 855 g/mol. The summed E-state index contributed by atoms with van der Waals surface area (Å²) in [6.45, 7) is 8.94. The van der Waals surface area contributed by atoms with E-state index in [9.17, 15) is 43.2 Å². The van der Waals surface area contributed by atoms with Crippen molar-refractivity contribution in [2.75, 3.05) is 25.1 Å². The average Bonchev–Trinajstić information content (AvgIpc) is 3.87. The van der Waals surface area contributed by atoms with E-state index in [1.165, 1.54) is 16.7 Å². The molecule has 0 spiro atoms. The fraction of sp³-hybridized carbons (Fsp3) is 0.500. The van der Waals surface area contributed by atoms with Crippen LogP contribution in [0.25, 0.3) is 0 Å². The highest BCUT2D eigenvalue weighted by molar-refractivity contribution is 7.98. The highest BCUT2D eigenvalue weighted by atomic mass is 32.2. The van der Waals surface area contributed by atoms with Crippen LogP contribution in [0.3, 0.4) is 0 Å². The number of nitrogens with zero attached hydrogens (tertiary/aromatic N) is 1. The fourth-order valence-corrected chi connectivity index (χ4v) is 8.63. The van der Waals surface area contributed by atoms with Gasteiger partial charge in [0.25, 0.3) is 0 Å². The molecule has 9 amide bonds. The number of rotatable bonds is 24. The molecule has 10 N–H and O–H groups in total. The van der Waals surface area contributed by atoms with E-state index in [0.717, 1.165) is 0 Å². The van der Waals surface area contributed by atoms with Crippen LogP contribution in [0.4, 0.5) is 0 Å². The second kappa shape index (κ2) is 24.7. The van der Waals surface area contributed by atoms with Gasteiger partial charge in [-0.3, -0.25) is 43.2 Å². The molecule has 18 nitrogen and oxygen atoms in total. The number of likely N-dealkylation sites (tertiary alicyclic amines) is 1. The van der Waals surface area contributed by atoms with Gasteiger partial charge in [-0.05, 0) is 55.2 Å². The topological polar surface area (TPSA) is 281 Å². The van der Waals surface area contributed by atoms with E-state index in [-0.39, 0.29) is 56.9 Å². The maximum absolute atomic E-state index is 14.6. The third kappa shape index (κ3) is 15.5. The molecule has 2 aliphatic heterocycles. The molecule has 0 unspecified atom stereocenters. The number of nitrogens with one attached hydrogen (secondary N) is 6. The van der Waals surface area contributed by atoms with Crippen LogP contribution in [0.1, 0.15) is 64.0 Å². The first-order valence-electron chi connectivity index (χ1n) is 21.8. The zero-order chi connectivity index (χ0) is 47.8. The molecule has 0 aromatic heterocycles. The SMILES string of the molecule is C=C(C)[C@H]1CN(C(=O)[C@@H]2CCC(=O)N2)[C@H](C(=O)N[C@@H](Cc2ccccc2)C(=O)N[C@@H](Cc2ccccc2)C(=O)NCC(=O)N[C@@H](CC(C)C)C(=O)N[C@@H](CCSC)C(N)=O)[C@H]1CC(N)=O. The molecule has 2 aromatic rings. The Labute approximate surface area is 384 Å². The molecule has 0 radical (unpaired) electrons. The van der Waals surface area contributed by atoms with Crippen molar-refractivity contribution in [3.05, 3.63) is 83.9 Å². The van der Waals surface area contributed by atoms with E-state index in [2.05, 4.69) is 38.5 Å². The van der Waals surface area contributed by atoms with Gasteiger partial charge in [0.2, 0.25) is 53.2 Å². The Morgan fingerprint density at radius 2 is 1.38 bits per heavy atom. The number of amides is 9. The second-order valence-electron chi connectivity index (χ2n) is 17.1. The van der Waals surface area contributed by atoms with Gasteiger partial charge >= 0.3 is 0 Å². The van der Waals surface area contributed by atoms with Crippen LogP contribution in [0.15, 0.2) is 72.8 Å². The molecule has 2 heterocycles. The van der Waals surface area contributed by atoms with Crippen molar-refractivity contribution in [1.29, 1.82) is 0 Å². The first kappa shape index (κ1) is 51.4. The Bertz CT molecular complexity index is 2050. The second-order valence-corrected chi connectivity index (χ2v) is 18.1. The molecule has 65 heavy (non-hydrogen) atoms. The van der Waals surface area contributed by atoms with E-state index in [1.807, 2.05) is 20.1 Å². The largest absolute Gasteiger partial charge is 0.370 e. The van der Waals surface area contributed by atoms with Gasteiger partial charge in [0.1, 0.15) is 36.3 Å². The van der Waals surface area contributed by atoms with Gasteiger partial charge in [-0.2, -0.15) is 11.8 Å². The highest BCUT2D eigenvalue weighted by Crippen LogP contribution is 2.37. The van der Waals surface area contributed by atoms with Crippen LogP contribution in [-0.4, -0.2) is 119 Å². The molecule has 0 saturated carbocycles. The van der Waals surface area contributed by atoms with Gasteiger partial charge in [0.15, 0.2) is 0 Å². The molecule has 8 atom stereocenters. The predicted octanol–water partition coefficient (Wildman–Crippen LogP) is -0.0150. The van der Waals surface area contributed by atoms with E-state index in [4.69, 9.17) is 11.5 Å². The van der Waals surface area contributed by atoms with Gasteiger partial charge in [-0.25, -0.2) is 0 Å². The van der Waals surface area contributed by atoms with Crippen LogP contribution in [-0.2, 0) is 56.0 Å². The van der Waals surface area contributed by atoms with E-state index >= 15 is 0 Å². The van der Waals surface area contributed by atoms with Crippen molar-refractivity contribution in [2.24, 2.45) is 29.2 Å². The molecule has 352 valence electrons. The lowest BCUT2D eigenvalue weighted by molar-refractivity contribution is -0.142. The minimum absolute atomic E-state index is 0.0199. The summed E-state index contributed by atoms with van der Waals surface area (Å²) in [4.78, 5) is 122. The maximum Gasteiger partial charge on any atom is 0.245 e. The van der Waals surface area contributed by atoms with Gasteiger partial charge in [-0.1, -0.05) is 86.7 Å². The molecule has 2 aromatic carbocycles. The standard InChI is InChI=1S/C46H63N9O9S/c1-26(2)20-34(43(61)52-32(41(48)59)18-19-65-5)51-39(58)24-49-42(60)35(21-28-12-8-6-9-13-28)53-44(62)36(22-29-14-10-7-11-15-29)54-45(63)40-30(23-37(47)56)31(27(3)4)25-55(40)46(64)33-16-17-38(57)50-33/h6-15,26,30-36,40H,3,16-25H2,1-2,4-5H3,(H2,47,56)(H2,48,59)(H,49,60)(H,50,57)(H,51,58)(H,52,61)(H,53,62)(H,54,63)/t30-,31+,32-,33-,34-,35-,36-,40-/m0/s1. The number of hydrogen-bond donors (Lipinski definition) is 8. The Hall–Kier alpha value is -6.24. The van der Waals surface area contributed by atoms with Crippen LogP contribution in [0, 0.1) is 17.8 Å². The molecular formula is C46H63N9O9S. The summed E-state index contributed by atoms with van der Waals surface area (Å²) in [6.07, 6.45) is 2.39. The molecule has 0 aliphatic carbocycles. The summed E-state index contributed by atoms with van der Waals surface area (Å²) >= 11 is 1.48. The Kier molecular flexibility index (Phi) is 19.5. The van der Waals surface area contributed by atoms with Crippen molar-refractivity contribution in [1.82, 2.24) is 36.8 Å². The molecule has 2 aliphatic rings. The zero-order valence-electron chi connectivity index (χ0n) is 37.4. The fourth-order valence-electron chi connectivity index (χ4n) is 8.16. The summed E-state index contributed by atoms with van der Waals surface area (Å²) in [5.74, 6) is -6.58. The van der Waals surface area contributed by atoms with Crippen molar-refractivity contribution in [3.8, 4) is 0 Å². The van der Waals surface area contributed by atoms with E-state index in [0.29, 0.717) is 28.9 Å². The number of benzene rings is 2. The minimum Gasteiger partial charge on any atom is -0.370 e. The van der Waals surface area contributed by atoms with E-state index < -0.39 is 102 Å². The average molecular weight is 918 g/mol. The number of carbonyl (C=O) groups is 9. The lowest BCUT2D eigenvalue weighted by Gasteiger charge is -2.31. The molecule has 2 saturated heterocycles. The van der Waals surface area contributed by atoms with Gasteiger partial charge in [0, 0.05) is 44.1 Å². The lowest BCUT2D eigenvalue weighted by Crippen LogP contribution is -2.59. The van der Waals surface area contributed by atoms with Crippen LogP contribution < -0.4 is 43.4 Å². The van der Waals surface area contributed by atoms with Gasteiger partial charge in [-0.15, -0.1) is 0 Å². The molecule has 19 heteroatoms. The number of carbonyl (C=O) groups excluding carboxylic acids is 9. The Balaban J connectivity index is 1.59.